The van der Waals surface area contributed by atoms with Gasteiger partial charge in [0.25, 0.3) is 5.91 Å². The van der Waals surface area contributed by atoms with Crippen molar-refractivity contribution in [2.45, 2.75) is 25.3 Å². The Morgan fingerprint density at radius 1 is 1.12 bits per heavy atom. The molecule has 1 aliphatic rings. The number of methoxy groups -OCH3 is 1. The molecule has 6 heteroatoms. The standard InChI is InChI=1S/C20H20FNO4/c1-26-14-8-5-12(6-9-14)13-7-10-15(17(21)11-13)19(23)22-18-4-2-3-16(18)20(24)25/h5-11,16,18H,2-4H2,1H3,(H,22,23)(H,24,25)/t16-,18+/m0/s1. The van der Waals surface area contributed by atoms with Gasteiger partial charge < -0.3 is 15.2 Å². The van der Waals surface area contributed by atoms with E-state index in [0.717, 1.165) is 12.0 Å². The molecule has 1 fully saturated rings. The highest BCUT2D eigenvalue weighted by molar-refractivity contribution is 5.95. The molecule has 26 heavy (non-hydrogen) atoms. The van der Waals surface area contributed by atoms with E-state index in [0.29, 0.717) is 24.2 Å². The van der Waals surface area contributed by atoms with Gasteiger partial charge in [-0.3, -0.25) is 9.59 Å². The number of amides is 1. The molecule has 3 rings (SSSR count). The monoisotopic (exact) mass is 357 g/mol. The lowest BCUT2D eigenvalue weighted by Gasteiger charge is -2.18. The van der Waals surface area contributed by atoms with Crippen LogP contribution in [-0.4, -0.2) is 30.1 Å². The Labute approximate surface area is 150 Å². The van der Waals surface area contributed by atoms with E-state index in [2.05, 4.69) is 5.32 Å². The first-order valence-electron chi connectivity index (χ1n) is 8.47. The summed E-state index contributed by atoms with van der Waals surface area (Å²) in [6.07, 6.45) is 1.86. The van der Waals surface area contributed by atoms with Crippen LogP contribution in [0.3, 0.4) is 0 Å². The van der Waals surface area contributed by atoms with Crippen molar-refractivity contribution in [1.82, 2.24) is 5.32 Å². The molecule has 2 aromatic rings. The molecule has 0 radical (unpaired) electrons. The van der Waals surface area contributed by atoms with E-state index >= 15 is 0 Å². The molecular weight excluding hydrogens is 337 g/mol. The van der Waals surface area contributed by atoms with Gasteiger partial charge in [-0.2, -0.15) is 0 Å². The molecule has 0 bridgehead atoms. The van der Waals surface area contributed by atoms with Gasteiger partial charge in [0.15, 0.2) is 0 Å². The predicted molar refractivity (Wildman–Crippen MR) is 94.6 cm³/mol. The first-order valence-corrected chi connectivity index (χ1v) is 8.47. The highest BCUT2D eigenvalue weighted by Crippen LogP contribution is 2.27. The predicted octanol–water partition coefficient (Wildman–Crippen LogP) is 3.48. The number of halogens is 1. The molecule has 0 saturated heterocycles. The van der Waals surface area contributed by atoms with Crippen LogP contribution < -0.4 is 10.1 Å². The highest BCUT2D eigenvalue weighted by Gasteiger charge is 2.34. The SMILES string of the molecule is COc1ccc(-c2ccc(C(=O)N[C@@H]3CCC[C@@H]3C(=O)O)c(F)c2)cc1. The summed E-state index contributed by atoms with van der Waals surface area (Å²) in [4.78, 5) is 23.6. The second kappa shape index (κ2) is 7.56. The van der Waals surface area contributed by atoms with E-state index in [1.54, 1.807) is 25.3 Å². The van der Waals surface area contributed by atoms with Crippen molar-refractivity contribution in [3.8, 4) is 16.9 Å². The van der Waals surface area contributed by atoms with Crippen LogP contribution in [0.4, 0.5) is 4.39 Å². The van der Waals surface area contributed by atoms with Gasteiger partial charge in [-0.1, -0.05) is 24.6 Å². The summed E-state index contributed by atoms with van der Waals surface area (Å²) in [6, 6.07) is 11.1. The van der Waals surface area contributed by atoms with Crippen LogP contribution in [-0.2, 0) is 4.79 Å². The van der Waals surface area contributed by atoms with Crippen molar-refractivity contribution in [3.05, 3.63) is 53.8 Å². The average molecular weight is 357 g/mol. The third-order valence-electron chi connectivity index (χ3n) is 4.79. The number of rotatable bonds is 5. The number of benzene rings is 2. The van der Waals surface area contributed by atoms with Gasteiger partial charge in [-0.25, -0.2) is 4.39 Å². The van der Waals surface area contributed by atoms with Crippen LogP contribution in [0.15, 0.2) is 42.5 Å². The second-order valence-electron chi connectivity index (χ2n) is 6.38. The van der Waals surface area contributed by atoms with Gasteiger partial charge >= 0.3 is 5.97 Å². The summed E-state index contributed by atoms with van der Waals surface area (Å²) < 4.78 is 19.6. The molecule has 0 spiro atoms. The summed E-state index contributed by atoms with van der Waals surface area (Å²) in [5, 5.41) is 11.9. The van der Waals surface area contributed by atoms with Crippen molar-refractivity contribution in [1.29, 1.82) is 0 Å². The van der Waals surface area contributed by atoms with Crippen molar-refractivity contribution < 1.29 is 23.8 Å². The van der Waals surface area contributed by atoms with E-state index in [1.807, 2.05) is 12.1 Å². The van der Waals surface area contributed by atoms with Crippen LogP contribution in [0.25, 0.3) is 11.1 Å². The van der Waals surface area contributed by atoms with Gasteiger partial charge in [0.1, 0.15) is 11.6 Å². The summed E-state index contributed by atoms with van der Waals surface area (Å²) >= 11 is 0. The maximum Gasteiger partial charge on any atom is 0.308 e. The van der Waals surface area contributed by atoms with Crippen LogP contribution in [0.2, 0.25) is 0 Å². The zero-order chi connectivity index (χ0) is 18.7. The molecule has 0 aliphatic heterocycles. The molecule has 1 saturated carbocycles. The smallest absolute Gasteiger partial charge is 0.308 e. The minimum atomic E-state index is -0.928. The molecule has 0 heterocycles. The number of carbonyl (C=O) groups is 2. The Hall–Kier alpha value is -2.89. The number of aliphatic carboxylic acids is 1. The van der Waals surface area contributed by atoms with Gasteiger partial charge in [0.2, 0.25) is 0 Å². The molecule has 0 aromatic heterocycles. The van der Waals surface area contributed by atoms with Crippen LogP contribution >= 0.6 is 0 Å². The lowest BCUT2D eigenvalue weighted by atomic mass is 10.0. The summed E-state index contributed by atoms with van der Waals surface area (Å²) in [6.45, 7) is 0. The van der Waals surface area contributed by atoms with Crippen molar-refractivity contribution in [2.24, 2.45) is 5.92 Å². The van der Waals surface area contributed by atoms with Crippen molar-refractivity contribution >= 4 is 11.9 Å². The van der Waals surface area contributed by atoms with E-state index in [9.17, 15) is 19.1 Å². The summed E-state index contributed by atoms with van der Waals surface area (Å²) in [5.41, 5.74) is 1.36. The van der Waals surface area contributed by atoms with Gasteiger partial charge in [-0.05, 0) is 48.2 Å². The van der Waals surface area contributed by atoms with Crippen LogP contribution in [0.5, 0.6) is 5.75 Å². The molecule has 136 valence electrons. The Bertz CT molecular complexity index is 819. The summed E-state index contributed by atoms with van der Waals surface area (Å²) in [5.74, 6) is -2.05. The fourth-order valence-electron chi connectivity index (χ4n) is 3.34. The first kappa shape index (κ1) is 17.9. The minimum absolute atomic E-state index is 0.0849. The van der Waals surface area contributed by atoms with E-state index < -0.39 is 29.7 Å². The molecule has 0 unspecified atom stereocenters. The largest absolute Gasteiger partial charge is 0.497 e. The molecule has 2 aromatic carbocycles. The maximum absolute atomic E-state index is 14.5. The second-order valence-corrected chi connectivity index (χ2v) is 6.38. The molecule has 5 nitrogen and oxygen atoms in total. The lowest BCUT2D eigenvalue weighted by molar-refractivity contribution is -0.142. The van der Waals surface area contributed by atoms with Gasteiger partial charge in [-0.15, -0.1) is 0 Å². The van der Waals surface area contributed by atoms with Gasteiger partial charge in [0.05, 0.1) is 18.6 Å². The van der Waals surface area contributed by atoms with Gasteiger partial charge in [0, 0.05) is 6.04 Å². The average Bonchev–Trinajstić information content (AvgIpc) is 3.10. The van der Waals surface area contributed by atoms with Crippen LogP contribution in [0.1, 0.15) is 29.6 Å². The Morgan fingerprint density at radius 3 is 2.42 bits per heavy atom. The number of ether oxygens (including phenoxy) is 1. The zero-order valence-corrected chi connectivity index (χ0v) is 14.4. The van der Waals surface area contributed by atoms with E-state index in [1.165, 1.54) is 12.1 Å². The highest BCUT2D eigenvalue weighted by atomic mass is 19.1. The normalized spacial score (nSPS) is 19.2. The molecule has 1 aliphatic carbocycles. The number of carbonyl (C=O) groups excluding carboxylic acids is 1. The third kappa shape index (κ3) is 3.69. The molecule has 2 N–H and O–H groups in total. The number of nitrogens with one attached hydrogen (secondary N) is 1. The molecular formula is C20H20FNO4. The molecule has 1 amide bonds. The Kier molecular flexibility index (Phi) is 5.21. The van der Waals surface area contributed by atoms with E-state index in [4.69, 9.17) is 4.74 Å². The third-order valence-corrected chi connectivity index (χ3v) is 4.79. The minimum Gasteiger partial charge on any atom is -0.497 e. The van der Waals surface area contributed by atoms with Crippen LogP contribution in [0, 0.1) is 11.7 Å². The fraction of sp³-hybridized carbons (Fsp3) is 0.300. The Balaban J connectivity index is 1.76. The fourth-order valence-corrected chi connectivity index (χ4v) is 3.34. The number of hydrogen-bond acceptors (Lipinski definition) is 3. The number of carboxylic acid groups (broad SMARTS) is 1. The van der Waals surface area contributed by atoms with Crippen molar-refractivity contribution in [2.75, 3.05) is 7.11 Å². The first-order chi connectivity index (χ1) is 12.5. The maximum atomic E-state index is 14.5. The topological polar surface area (TPSA) is 75.6 Å². The quantitative estimate of drug-likeness (QED) is 0.859. The Morgan fingerprint density at radius 2 is 1.81 bits per heavy atom. The van der Waals surface area contributed by atoms with Crippen molar-refractivity contribution in [3.63, 3.8) is 0 Å². The number of hydrogen-bond donors (Lipinski definition) is 2. The zero-order valence-electron chi connectivity index (χ0n) is 14.4. The van der Waals surface area contributed by atoms with E-state index in [-0.39, 0.29) is 5.56 Å². The number of carboxylic acids is 1. The molecule has 2 atom stereocenters. The lowest BCUT2D eigenvalue weighted by Crippen LogP contribution is -2.40. The summed E-state index contributed by atoms with van der Waals surface area (Å²) in [7, 11) is 1.57.